The Bertz CT molecular complexity index is 535. The van der Waals surface area contributed by atoms with Crippen LogP contribution in [0.25, 0.3) is 11.4 Å². The molecule has 0 aliphatic heterocycles. The SMILES string of the molecule is CCCc1cc(NCC)nc(-c2cn(C)nc2C)n1. The lowest BCUT2D eigenvalue weighted by atomic mass is 10.2. The summed E-state index contributed by atoms with van der Waals surface area (Å²) in [6.07, 6.45) is 4.01. The summed E-state index contributed by atoms with van der Waals surface area (Å²) in [6, 6.07) is 2.03. The van der Waals surface area contributed by atoms with E-state index < -0.39 is 0 Å². The predicted octanol–water partition coefficient (Wildman–Crippen LogP) is 2.57. The van der Waals surface area contributed by atoms with Gasteiger partial charge in [0.2, 0.25) is 0 Å². The Kier molecular flexibility index (Phi) is 4.14. The molecule has 0 spiro atoms. The zero-order valence-electron chi connectivity index (χ0n) is 12.1. The Morgan fingerprint density at radius 2 is 2.05 bits per heavy atom. The number of hydrogen-bond acceptors (Lipinski definition) is 4. The molecule has 0 unspecified atom stereocenters. The van der Waals surface area contributed by atoms with Crippen LogP contribution in [0.3, 0.4) is 0 Å². The maximum Gasteiger partial charge on any atom is 0.165 e. The first-order valence-electron chi connectivity index (χ1n) is 6.76. The summed E-state index contributed by atoms with van der Waals surface area (Å²) in [5, 5.41) is 7.62. The minimum Gasteiger partial charge on any atom is -0.370 e. The summed E-state index contributed by atoms with van der Waals surface area (Å²) in [5.41, 5.74) is 3.03. The Morgan fingerprint density at radius 1 is 1.26 bits per heavy atom. The zero-order chi connectivity index (χ0) is 13.8. The first-order valence-corrected chi connectivity index (χ1v) is 6.76. The molecule has 0 fully saturated rings. The van der Waals surface area contributed by atoms with Crippen molar-refractivity contribution in [3.8, 4) is 11.4 Å². The van der Waals surface area contributed by atoms with Gasteiger partial charge in [-0.15, -0.1) is 0 Å². The van der Waals surface area contributed by atoms with Crippen LogP contribution in [0.1, 0.15) is 31.7 Å². The first kappa shape index (κ1) is 13.5. The first-order chi connectivity index (χ1) is 9.13. The molecule has 102 valence electrons. The van der Waals surface area contributed by atoms with Gasteiger partial charge in [0.1, 0.15) is 5.82 Å². The highest BCUT2D eigenvalue weighted by molar-refractivity contribution is 5.59. The number of hydrogen-bond donors (Lipinski definition) is 1. The van der Waals surface area contributed by atoms with Crippen LogP contribution in [-0.2, 0) is 13.5 Å². The standard InChI is InChI=1S/C14H21N5/c1-5-7-11-8-13(15-6-2)17-14(16-11)12-9-19(4)18-10(12)3/h8-9H,5-7H2,1-4H3,(H,15,16,17). The highest BCUT2D eigenvalue weighted by Gasteiger charge is 2.11. The van der Waals surface area contributed by atoms with E-state index >= 15 is 0 Å². The summed E-state index contributed by atoms with van der Waals surface area (Å²) in [4.78, 5) is 9.22. The Hall–Kier alpha value is -1.91. The van der Waals surface area contributed by atoms with Crippen LogP contribution in [0, 0.1) is 6.92 Å². The lowest BCUT2D eigenvalue weighted by Gasteiger charge is -2.08. The third-order valence-corrected chi connectivity index (χ3v) is 2.90. The van der Waals surface area contributed by atoms with E-state index in [1.165, 1.54) is 0 Å². The van der Waals surface area contributed by atoms with E-state index in [0.717, 1.165) is 48.0 Å². The maximum atomic E-state index is 4.65. The predicted molar refractivity (Wildman–Crippen MR) is 77.1 cm³/mol. The zero-order valence-corrected chi connectivity index (χ0v) is 12.1. The molecule has 5 nitrogen and oxygen atoms in total. The van der Waals surface area contributed by atoms with Crippen LogP contribution in [0.4, 0.5) is 5.82 Å². The molecule has 0 atom stereocenters. The molecular weight excluding hydrogens is 238 g/mol. The van der Waals surface area contributed by atoms with Crippen molar-refractivity contribution in [2.45, 2.75) is 33.6 Å². The summed E-state index contributed by atoms with van der Waals surface area (Å²) >= 11 is 0. The number of nitrogens with one attached hydrogen (secondary N) is 1. The van der Waals surface area contributed by atoms with Gasteiger partial charge in [0.25, 0.3) is 0 Å². The molecule has 19 heavy (non-hydrogen) atoms. The second kappa shape index (κ2) is 5.82. The number of aryl methyl sites for hydroxylation is 3. The van der Waals surface area contributed by atoms with Gasteiger partial charge < -0.3 is 5.32 Å². The summed E-state index contributed by atoms with van der Waals surface area (Å²) in [6.45, 7) is 7.06. The summed E-state index contributed by atoms with van der Waals surface area (Å²) in [5.74, 6) is 1.65. The average Bonchev–Trinajstić information content (AvgIpc) is 2.69. The van der Waals surface area contributed by atoms with Gasteiger partial charge in [-0.3, -0.25) is 4.68 Å². The van der Waals surface area contributed by atoms with Crippen molar-refractivity contribution in [3.05, 3.63) is 23.7 Å². The fraction of sp³-hybridized carbons (Fsp3) is 0.500. The van der Waals surface area contributed by atoms with Crippen LogP contribution in [-0.4, -0.2) is 26.3 Å². The van der Waals surface area contributed by atoms with Crippen molar-refractivity contribution in [1.82, 2.24) is 19.7 Å². The fourth-order valence-electron chi connectivity index (χ4n) is 2.09. The molecule has 0 aliphatic carbocycles. The van der Waals surface area contributed by atoms with Crippen molar-refractivity contribution in [2.75, 3.05) is 11.9 Å². The molecule has 0 saturated carbocycles. The van der Waals surface area contributed by atoms with Crippen LogP contribution in [0.5, 0.6) is 0 Å². The fourth-order valence-corrected chi connectivity index (χ4v) is 2.09. The molecule has 0 aliphatic rings. The Balaban J connectivity index is 2.46. The second-order valence-electron chi connectivity index (χ2n) is 4.65. The van der Waals surface area contributed by atoms with Gasteiger partial charge in [-0.25, -0.2) is 9.97 Å². The minimum absolute atomic E-state index is 0.757. The normalized spacial score (nSPS) is 10.7. The van der Waals surface area contributed by atoms with E-state index in [1.54, 1.807) is 4.68 Å². The summed E-state index contributed by atoms with van der Waals surface area (Å²) in [7, 11) is 1.91. The van der Waals surface area contributed by atoms with Crippen LogP contribution in [0.15, 0.2) is 12.3 Å². The van der Waals surface area contributed by atoms with E-state index in [9.17, 15) is 0 Å². The number of aromatic nitrogens is 4. The third kappa shape index (κ3) is 3.10. The van der Waals surface area contributed by atoms with Gasteiger partial charge in [0, 0.05) is 31.5 Å². The molecule has 0 radical (unpaired) electrons. The van der Waals surface area contributed by atoms with Gasteiger partial charge in [-0.1, -0.05) is 13.3 Å². The highest BCUT2D eigenvalue weighted by Crippen LogP contribution is 2.21. The van der Waals surface area contributed by atoms with Crippen LogP contribution >= 0.6 is 0 Å². The molecule has 0 saturated heterocycles. The maximum absolute atomic E-state index is 4.65. The van der Waals surface area contributed by atoms with E-state index in [0.29, 0.717) is 0 Å². The van der Waals surface area contributed by atoms with Crippen molar-refractivity contribution in [2.24, 2.45) is 7.05 Å². The molecule has 0 bridgehead atoms. The smallest absolute Gasteiger partial charge is 0.165 e. The van der Waals surface area contributed by atoms with Gasteiger partial charge in [0.15, 0.2) is 5.82 Å². The molecule has 2 rings (SSSR count). The topological polar surface area (TPSA) is 55.6 Å². The summed E-state index contributed by atoms with van der Waals surface area (Å²) < 4.78 is 1.80. The minimum atomic E-state index is 0.757. The molecule has 2 aromatic heterocycles. The third-order valence-electron chi connectivity index (χ3n) is 2.90. The lowest BCUT2D eigenvalue weighted by molar-refractivity contribution is 0.756. The van der Waals surface area contributed by atoms with Gasteiger partial charge in [0.05, 0.1) is 11.3 Å². The van der Waals surface area contributed by atoms with Crippen LogP contribution in [0.2, 0.25) is 0 Å². The van der Waals surface area contributed by atoms with Gasteiger partial charge >= 0.3 is 0 Å². The van der Waals surface area contributed by atoms with Crippen molar-refractivity contribution < 1.29 is 0 Å². The molecular formula is C14H21N5. The largest absolute Gasteiger partial charge is 0.370 e. The molecule has 2 heterocycles. The second-order valence-corrected chi connectivity index (χ2v) is 4.65. The van der Waals surface area contributed by atoms with Gasteiger partial charge in [-0.05, 0) is 20.3 Å². The molecule has 2 aromatic rings. The molecule has 1 N–H and O–H groups in total. The quantitative estimate of drug-likeness (QED) is 0.896. The number of anilines is 1. The van der Waals surface area contributed by atoms with E-state index in [1.807, 2.05) is 26.2 Å². The van der Waals surface area contributed by atoms with Crippen LogP contribution < -0.4 is 5.32 Å². The molecule has 5 heteroatoms. The van der Waals surface area contributed by atoms with Crippen molar-refractivity contribution in [3.63, 3.8) is 0 Å². The molecule has 0 amide bonds. The van der Waals surface area contributed by atoms with Crippen molar-refractivity contribution >= 4 is 5.82 Å². The Labute approximate surface area is 114 Å². The van der Waals surface area contributed by atoms with E-state index in [2.05, 4.69) is 34.2 Å². The number of rotatable bonds is 5. The number of nitrogens with zero attached hydrogens (tertiary/aromatic N) is 4. The Morgan fingerprint density at radius 3 is 2.63 bits per heavy atom. The van der Waals surface area contributed by atoms with Crippen molar-refractivity contribution in [1.29, 1.82) is 0 Å². The lowest BCUT2D eigenvalue weighted by Crippen LogP contribution is -2.04. The monoisotopic (exact) mass is 259 g/mol. The van der Waals surface area contributed by atoms with E-state index in [-0.39, 0.29) is 0 Å². The highest BCUT2D eigenvalue weighted by atomic mass is 15.3. The molecule has 0 aromatic carbocycles. The van der Waals surface area contributed by atoms with Gasteiger partial charge in [-0.2, -0.15) is 5.10 Å². The average molecular weight is 259 g/mol. The van der Waals surface area contributed by atoms with E-state index in [4.69, 9.17) is 0 Å².